The molecule has 0 aromatic carbocycles. The van der Waals surface area contributed by atoms with Crippen molar-refractivity contribution in [2.24, 2.45) is 0 Å². The summed E-state index contributed by atoms with van der Waals surface area (Å²) >= 11 is 0. The maximum absolute atomic E-state index is 5.86. The molecule has 0 heterocycles. The lowest BCUT2D eigenvalue weighted by atomic mass is 10.2. The van der Waals surface area contributed by atoms with Crippen LogP contribution < -0.4 is 0 Å². The molecule has 0 amide bonds. The molecule has 0 saturated carbocycles. The predicted octanol–water partition coefficient (Wildman–Crippen LogP) is 4.49. The van der Waals surface area contributed by atoms with Gasteiger partial charge in [-0.2, -0.15) is 0 Å². The third-order valence-corrected chi connectivity index (χ3v) is 7.07. The standard InChI is InChI=1S/C12H24OSi/c1-11(2)9-8-10-13-14(6,7)12(3,4)5/h8,10H,1,9H2,2-7H3/b10-8+. The molecule has 1 nitrogen and oxygen atoms in total. The predicted molar refractivity (Wildman–Crippen MR) is 66.9 cm³/mol. The quantitative estimate of drug-likeness (QED) is 0.379. The summed E-state index contributed by atoms with van der Waals surface area (Å²) < 4.78 is 5.86. The van der Waals surface area contributed by atoms with Crippen molar-refractivity contribution in [3.05, 3.63) is 24.5 Å². The molecular formula is C12H24OSi. The molecule has 0 aliphatic rings. The number of rotatable bonds is 4. The first-order valence-corrected chi connectivity index (χ1v) is 8.05. The summed E-state index contributed by atoms with van der Waals surface area (Å²) in [6, 6.07) is 0. The molecule has 0 aliphatic carbocycles. The lowest BCUT2D eigenvalue weighted by molar-refractivity contribution is 0.429. The summed E-state index contributed by atoms with van der Waals surface area (Å²) in [5.74, 6) is 0. The Morgan fingerprint density at radius 1 is 1.36 bits per heavy atom. The van der Waals surface area contributed by atoms with Crippen molar-refractivity contribution in [1.29, 1.82) is 0 Å². The van der Waals surface area contributed by atoms with E-state index in [0.717, 1.165) is 6.42 Å². The lowest BCUT2D eigenvalue weighted by Crippen LogP contribution is -2.39. The van der Waals surface area contributed by atoms with Crippen LogP contribution in [0, 0.1) is 0 Å². The molecule has 82 valence electrons. The molecule has 0 aliphatic heterocycles. The molecule has 0 aromatic heterocycles. The summed E-state index contributed by atoms with van der Waals surface area (Å²) in [4.78, 5) is 0. The van der Waals surface area contributed by atoms with Gasteiger partial charge in [-0.15, -0.1) is 0 Å². The van der Waals surface area contributed by atoms with Crippen molar-refractivity contribution in [3.63, 3.8) is 0 Å². The van der Waals surface area contributed by atoms with Gasteiger partial charge in [-0.3, -0.25) is 0 Å². The SMILES string of the molecule is C=C(C)C/C=C/O[Si](C)(C)C(C)(C)C. The molecule has 0 N–H and O–H groups in total. The van der Waals surface area contributed by atoms with Gasteiger partial charge in [0.2, 0.25) is 8.32 Å². The molecule has 0 unspecified atom stereocenters. The molecular weight excluding hydrogens is 188 g/mol. The van der Waals surface area contributed by atoms with Crippen LogP contribution in [0.15, 0.2) is 24.5 Å². The minimum atomic E-state index is -1.59. The van der Waals surface area contributed by atoms with Crippen LogP contribution in [-0.2, 0) is 4.43 Å². The highest BCUT2D eigenvalue weighted by Crippen LogP contribution is 2.36. The highest BCUT2D eigenvalue weighted by atomic mass is 28.4. The van der Waals surface area contributed by atoms with E-state index >= 15 is 0 Å². The van der Waals surface area contributed by atoms with Gasteiger partial charge in [0.25, 0.3) is 0 Å². The summed E-state index contributed by atoms with van der Waals surface area (Å²) in [6.45, 7) is 17.1. The summed E-state index contributed by atoms with van der Waals surface area (Å²) in [6.07, 6.45) is 4.81. The minimum absolute atomic E-state index is 0.278. The van der Waals surface area contributed by atoms with Crippen molar-refractivity contribution in [1.82, 2.24) is 0 Å². The second-order valence-electron chi connectivity index (χ2n) is 5.41. The summed E-state index contributed by atoms with van der Waals surface area (Å²) in [5, 5.41) is 0.278. The minimum Gasteiger partial charge on any atom is -0.549 e. The normalized spacial score (nSPS) is 13.3. The van der Waals surface area contributed by atoms with Gasteiger partial charge in [-0.25, -0.2) is 0 Å². The van der Waals surface area contributed by atoms with Crippen LogP contribution in [0.25, 0.3) is 0 Å². The number of allylic oxidation sites excluding steroid dienone is 2. The monoisotopic (exact) mass is 212 g/mol. The van der Waals surface area contributed by atoms with Crippen molar-refractivity contribution in [3.8, 4) is 0 Å². The first-order chi connectivity index (χ1) is 6.17. The van der Waals surface area contributed by atoms with Crippen LogP contribution in [0.1, 0.15) is 34.1 Å². The Balaban J connectivity index is 4.12. The largest absolute Gasteiger partial charge is 0.549 e. The molecule has 0 rings (SSSR count). The lowest BCUT2D eigenvalue weighted by Gasteiger charge is -2.34. The summed E-state index contributed by atoms with van der Waals surface area (Å²) in [5.41, 5.74) is 1.17. The van der Waals surface area contributed by atoms with E-state index in [9.17, 15) is 0 Å². The zero-order valence-corrected chi connectivity index (χ0v) is 11.5. The second-order valence-corrected chi connectivity index (χ2v) is 10.2. The fourth-order valence-electron chi connectivity index (χ4n) is 0.644. The molecule has 0 aromatic rings. The van der Waals surface area contributed by atoms with Gasteiger partial charge in [0.15, 0.2) is 0 Å². The average Bonchev–Trinajstić information content (AvgIpc) is 1.95. The molecule has 0 bridgehead atoms. The van der Waals surface area contributed by atoms with E-state index in [0.29, 0.717) is 0 Å². The van der Waals surface area contributed by atoms with E-state index in [1.54, 1.807) is 0 Å². The Morgan fingerprint density at radius 3 is 2.21 bits per heavy atom. The van der Waals surface area contributed by atoms with E-state index in [4.69, 9.17) is 4.43 Å². The third kappa shape index (κ3) is 4.65. The van der Waals surface area contributed by atoms with Crippen LogP contribution in [0.4, 0.5) is 0 Å². The van der Waals surface area contributed by atoms with E-state index in [2.05, 4.69) is 40.4 Å². The Morgan fingerprint density at radius 2 is 1.86 bits per heavy atom. The van der Waals surface area contributed by atoms with Gasteiger partial charge < -0.3 is 4.43 Å². The molecule has 0 fully saturated rings. The van der Waals surface area contributed by atoms with Crippen molar-refractivity contribution >= 4 is 8.32 Å². The number of hydrogen-bond donors (Lipinski definition) is 0. The van der Waals surface area contributed by atoms with Crippen LogP contribution in [0.2, 0.25) is 18.1 Å². The third-order valence-electron chi connectivity index (χ3n) is 2.73. The van der Waals surface area contributed by atoms with Gasteiger partial charge in [0.1, 0.15) is 0 Å². The molecule has 2 heteroatoms. The fraction of sp³-hybridized carbons (Fsp3) is 0.667. The van der Waals surface area contributed by atoms with Gasteiger partial charge in [-0.1, -0.05) is 32.9 Å². The highest BCUT2D eigenvalue weighted by Gasteiger charge is 2.37. The molecule has 0 radical (unpaired) electrons. The Bertz CT molecular complexity index is 221. The van der Waals surface area contributed by atoms with Crippen LogP contribution in [0.5, 0.6) is 0 Å². The Hall–Kier alpha value is -0.503. The van der Waals surface area contributed by atoms with E-state index in [1.165, 1.54) is 5.57 Å². The average molecular weight is 212 g/mol. The van der Waals surface area contributed by atoms with Gasteiger partial charge >= 0.3 is 0 Å². The molecule has 14 heavy (non-hydrogen) atoms. The first-order valence-electron chi connectivity index (χ1n) is 5.14. The van der Waals surface area contributed by atoms with Gasteiger partial charge in [0.05, 0.1) is 6.26 Å². The van der Waals surface area contributed by atoms with Crippen LogP contribution in [-0.4, -0.2) is 8.32 Å². The van der Waals surface area contributed by atoms with E-state index in [-0.39, 0.29) is 5.04 Å². The maximum Gasteiger partial charge on any atom is 0.249 e. The molecule has 0 saturated heterocycles. The topological polar surface area (TPSA) is 9.23 Å². The maximum atomic E-state index is 5.86. The zero-order chi connectivity index (χ0) is 11.4. The first kappa shape index (κ1) is 13.5. The number of hydrogen-bond acceptors (Lipinski definition) is 1. The summed E-state index contributed by atoms with van der Waals surface area (Å²) in [7, 11) is -1.59. The second kappa shape index (κ2) is 4.83. The zero-order valence-electron chi connectivity index (χ0n) is 10.5. The molecule has 0 atom stereocenters. The van der Waals surface area contributed by atoms with Crippen molar-refractivity contribution in [2.45, 2.75) is 52.2 Å². The highest BCUT2D eigenvalue weighted by molar-refractivity contribution is 6.74. The van der Waals surface area contributed by atoms with Crippen LogP contribution in [0.3, 0.4) is 0 Å². The Labute approximate surface area is 90.0 Å². The smallest absolute Gasteiger partial charge is 0.249 e. The van der Waals surface area contributed by atoms with Crippen molar-refractivity contribution in [2.75, 3.05) is 0 Å². The van der Waals surface area contributed by atoms with E-state index < -0.39 is 8.32 Å². The fourth-order valence-corrected chi connectivity index (χ4v) is 1.43. The van der Waals surface area contributed by atoms with Gasteiger partial charge in [-0.05, 0) is 37.6 Å². The van der Waals surface area contributed by atoms with Gasteiger partial charge in [0, 0.05) is 0 Å². The van der Waals surface area contributed by atoms with Crippen LogP contribution >= 0.6 is 0 Å². The Kier molecular flexibility index (Phi) is 4.65. The van der Waals surface area contributed by atoms with E-state index in [1.807, 2.05) is 19.3 Å². The molecule has 0 spiro atoms. The van der Waals surface area contributed by atoms with Crippen molar-refractivity contribution < 1.29 is 4.43 Å².